The summed E-state index contributed by atoms with van der Waals surface area (Å²) in [4.78, 5) is 17.1. The highest BCUT2D eigenvalue weighted by Gasteiger charge is 2.14. The summed E-state index contributed by atoms with van der Waals surface area (Å²) >= 11 is 0. The van der Waals surface area contributed by atoms with Gasteiger partial charge in [-0.2, -0.15) is 0 Å². The van der Waals surface area contributed by atoms with E-state index >= 15 is 0 Å². The van der Waals surface area contributed by atoms with E-state index in [4.69, 9.17) is 0 Å². The van der Waals surface area contributed by atoms with E-state index in [2.05, 4.69) is 25.3 Å². The lowest BCUT2D eigenvalue weighted by Crippen LogP contribution is -2.19. The van der Waals surface area contributed by atoms with Crippen molar-refractivity contribution in [3.8, 4) is 0 Å². The number of nitrogens with one attached hydrogen (secondary N) is 1. The Bertz CT molecular complexity index is 683. The van der Waals surface area contributed by atoms with Gasteiger partial charge in [0.15, 0.2) is 0 Å². The molecule has 0 saturated carbocycles. The second-order valence-electron chi connectivity index (χ2n) is 4.16. The van der Waals surface area contributed by atoms with Gasteiger partial charge in [0, 0.05) is 24.8 Å². The minimum Gasteiger partial charge on any atom is -0.308 e. The first kappa shape index (κ1) is 11.7. The van der Waals surface area contributed by atoms with Crippen LogP contribution in [-0.2, 0) is 0 Å². The molecule has 5 heteroatoms. The van der Waals surface area contributed by atoms with Crippen LogP contribution in [0, 0.1) is 0 Å². The standard InChI is InChI=1S/C14H13N5/c1-15-14(13-9-16-4-5-19-13)10-2-3-11-12(8-10)18-7-6-17-11/h2-9,14-15H,1H3. The first-order valence-corrected chi connectivity index (χ1v) is 6.02. The van der Waals surface area contributed by atoms with Crippen molar-refractivity contribution in [2.45, 2.75) is 6.04 Å². The third-order valence-corrected chi connectivity index (χ3v) is 2.99. The van der Waals surface area contributed by atoms with Gasteiger partial charge in [0.1, 0.15) is 0 Å². The smallest absolute Gasteiger partial charge is 0.0890 e. The predicted molar refractivity (Wildman–Crippen MR) is 72.5 cm³/mol. The number of benzene rings is 1. The van der Waals surface area contributed by atoms with E-state index in [0.717, 1.165) is 22.3 Å². The second kappa shape index (κ2) is 5.07. The highest BCUT2D eigenvalue weighted by atomic mass is 14.9. The van der Waals surface area contributed by atoms with Crippen molar-refractivity contribution in [3.05, 3.63) is 60.4 Å². The van der Waals surface area contributed by atoms with Gasteiger partial charge in [0.2, 0.25) is 0 Å². The third-order valence-electron chi connectivity index (χ3n) is 2.99. The molecule has 0 saturated heterocycles. The molecular weight excluding hydrogens is 238 g/mol. The Kier molecular flexibility index (Phi) is 3.12. The molecule has 94 valence electrons. The molecule has 0 aliphatic carbocycles. The van der Waals surface area contributed by atoms with Crippen LogP contribution in [0.4, 0.5) is 0 Å². The molecule has 1 unspecified atom stereocenters. The SMILES string of the molecule is CNC(c1ccc2nccnc2c1)c1cnccn1. The molecule has 0 amide bonds. The van der Waals surface area contributed by atoms with Crippen LogP contribution in [0.3, 0.4) is 0 Å². The van der Waals surface area contributed by atoms with E-state index in [9.17, 15) is 0 Å². The summed E-state index contributed by atoms with van der Waals surface area (Å²) in [7, 11) is 1.90. The fraction of sp³-hybridized carbons (Fsp3) is 0.143. The first-order valence-electron chi connectivity index (χ1n) is 6.02. The van der Waals surface area contributed by atoms with Gasteiger partial charge in [0.25, 0.3) is 0 Å². The number of hydrogen-bond donors (Lipinski definition) is 1. The summed E-state index contributed by atoms with van der Waals surface area (Å²) in [5.74, 6) is 0. The maximum Gasteiger partial charge on any atom is 0.0890 e. The van der Waals surface area contributed by atoms with Crippen molar-refractivity contribution in [3.63, 3.8) is 0 Å². The fourth-order valence-electron chi connectivity index (χ4n) is 2.10. The highest BCUT2D eigenvalue weighted by molar-refractivity contribution is 5.74. The highest BCUT2D eigenvalue weighted by Crippen LogP contribution is 2.21. The lowest BCUT2D eigenvalue weighted by atomic mass is 10.0. The molecule has 1 atom stereocenters. The van der Waals surface area contributed by atoms with Gasteiger partial charge in [0.05, 0.1) is 29.0 Å². The minimum absolute atomic E-state index is 0.0000983. The molecule has 5 nitrogen and oxygen atoms in total. The Morgan fingerprint density at radius 2 is 1.74 bits per heavy atom. The topological polar surface area (TPSA) is 63.6 Å². The molecule has 0 aliphatic rings. The molecule has 0 radical (unpaired) electrons. The first-order chi connectivity index (χ1) is 9.38. The van der Waals surface area contributed by atoms with Gasteiger partial charge in [-0.25, -0.2) is 0 Å². The van der Waals surface area contributed by atoms with Crippen molar-refractivity contribution in [2.24, 2.45) is 0 Å². The zero-order chi connectivity index (χ0) is 13.1. The quantitative estimate of drug-likeness (QED) is 0.768. The van der Waals surface area contributed by atoms with Crippen molar-refractivity contribution < 1.29 is 0 Å². The van der Waals surface area contributed by atoms with Crippen LogP contribution in [0.1, 0.15) is 17.3 Å². The molecule has 19 heavy (non-hydrogen) atoms. The number of fused-ring (bicyclic) bond motifs is 1. The van der Waals surface area contributed by atoms with Crippen LogP contribution in [0.5, 0.6) is 0 Å². The molecule has 0 aliphatic heterocycles. The molecule has 3 aromatic rings. The molecule has 1 N–H and O–H groups in total. The van der Waals surface area contributed by atoms with Crippen molar-refractivity contribution in [1.82, 2.24) is 25.3 Å². The number of rotatable bonds is 3. The number of aromatic nitrogens is 4. The van der Waals surface area contributed by atoms with Gasteiger partial charge in [-0.1, -0.05) is 6.07 Å². The largest absolute Gasteiger partial charge is 0.308 e. The molecular formula is C14H13N5. The Morgan fingerprint density at radius 1 is 0.947 bits per heavy atom. The maximum atomic E-state index is 4.35. The lowest BCUT2D eigenvalue weighted by Gasteiger charge is -2.15. The van der Waals surface area contributed by atoms with Gasteiger partial charge < -0.3 is 5.32 Å². The van der Waals surface area contributed by atoms with Crippen molar-refractivity contribution in [2.75, 3.05) is 7.05 Å². The van der Waals surface area contributed by atoms with Crippen molar-refractivity contribution in [1.29, 1.82) is 0 Å². The maximum absolute atomic E-state index is 4.35. The number of hydrogen-bond acceptors (Lipinski definition) is 5. The summed E-state index contributed by atoms with van der Waals surface area (Å²) in [5, 5.41) is 3.25. The normalized spacial score (nSPS) is 12.5. The van der Waals surface area contributed by atoms with Crippen LogP contribution < -0.4 is 5.32 Å². The minimum atomic E-state index is 0.0000983. The van der Waals surface area contributed by atoms with Gasteiger partial charge >= 0.3 is 0 Å². The van der Waals surface area contributed by atoms with E-state index in [1.165, 1.54) is 0 Å². The monoisotopic (exact) mass is 251 g/mol. The van der Waals surface area contributed by atoms with Gasteiger partial charge in [-0.3, -0.25) is 19.9 Å². The van der Waals surface area contributed by atoms with Crippen molar-refractivity contribution >= 4 is 11.0 Å². The van der Waals surface area contributed by atoms with E-state index in [0.29, 0.717) is 0 Å². The zero-order valence-corrected chi connectivity index (χ0v) is 10.5. The molecule has 2 aromatic heterocycles. The average molecular weight is 251 g/mol. The van der Waals surface area contributed by atoms with Gasteiger partial charge in [-0.05, 0) is 24.7 Å². The molecule has 1 aromatic carbocycles. The summed E-state index contributed by atoms with van der Waals surface area (Å²) in [6.07, 6.45) is 8.52. The average Bonchev–Trinajstić information content (AvgIpc) is 2.49. The van der Waals surface area contributed by atoms with Crippen LogP contribution in [-0.4, -0.2) is 27.0 Å². The van der Waals surface area contributed by atoms with E-state index < -0.39 is 0 Å². The molecule has 0 fully saturated rings. The summed E-state index contributed by atoms with van der Waals surface area (Å²) in [5.41, 5.74) is 3.74. The fourth-order valence-corrected chi connectivity index (χ4v) is 2.10. The second-order valence-corrected chi connectivity index (χ2v) is 4.16. The van der Waals surface area contributed by atoms with E-state index in [1.54, 1.807) is 31.0 Å². The van der Waals surface area contributed by atoms with Crippen LogP contribution >= 0.6 is 0 Å². The summed E-state index contributed by atoms with van der Waals surface area (Å²) < 4.78 is 0. The van der Waals surface area contributed by atoms with Crippen LogP contribution in [0.15, 0.2) is 49.2 Å². The Hall–Kier alpha value is -2.40. The van der Waals surface area contributed by atoms with E-state index in [-0.39, 0.29) is 6.04 Å². The molecule has 0 spiro atoms. The third kappa shape index (κ3) is 2.28. The Morgan fingerprint density at radius 3 is 2.47 bits per heavy atom. The summed E-state index contributed by atoms with van der Waals surface area (Å²) in [6.45, 7) is 0. The Labute approximate surface area is 110 Å². The molecule has 2 heterocycles. The molecule has 0 bridgehead atoms. The zero-order valence-electron chi connectivity index (χ0n) is 10.5. The van der Waals surface area contributed by atoms with Crippen LogP contribution in [0.25, 0.3) is 11.0 Å². The van der Waals surface area contributed by atoms with E-state index in [1.807, 2.05) is 25.2 Å². The lowest BCUT2D eigenvalue weighted by molar-refractivity contribution is 0.667. The van der Waals surface area contributed by atoms with Crippen LogP contribution in [0.2, 0.25) is 0 Å². The number of nitrogens with zero attached hydrogens (tertiary/aromatic N) is 4. The Balaban J connectivity index is 2.06. The van der Waals surface area contributed by atoms with Gasteiger partial charge in [-0.15, -0.1) is 0 Å². The summed E-state index contributed by atoms with van der Waals surface area (Å²) in [6, 6.07) is 6.03. The predicted octanol–water partition coefficient (Wildman–Crippen LogP) is 1.73. The molecule has 3 rings (SSSR count).